The highest BCUT2D eigenvalue weighted by molar-refractivity contribution is 5.28. The summed E-state index contributed by atoms with van der Waals surface area (Å²) < 4.78 is 0. The standard InChI is InChI=1S/C15H25N3/c1-4-13-12(9-10-16-3)14(5-2)18-15(17-13)11-7-6-8-11/h11,16H,4-10H2,1-3H3. The minimum atomic E-state index is 0.638. The molecule has 0 aliphatic heterocycles. The first-order valence-electron chi connectivity index (χ1n) is 7.33. The van der Waals surface area contributed by atoms with Crippen molar-refractivity contribution in [1.82, 2.24) is 15.3 Å². The van der Waals surface area contributed by atoms with E-state index in [1.54, 1.807) is 0 Å². The number of nitrogens with one attached hydrogen (secondary N) is 1. The van der Waals surface area contributed by atoms with E-state index in [0.717, 1.165) is 31.6 Å². The quantitative estimate of drug-likeness (QED) is 0.839. The highest BCUT2D eigenvalue weighted by Gasteiger charge is 2.24. The lowest BCUT2D eigenvalue weighted by molar-refractivity contribution is 0.398. The van der Waals surface area contributed by atoms with E-state index in [9.17, 15) is 0 Å². The summed E-state index contributed by atoms with van der Waals surface area (Å²) in [6, 6.07) is 0. The molecule has 0 bridgehead atoms. The zero-order valence-corrected chi connectivity index (χ0v) is 11.9. The largest absolute Gasteiger partial charge is 0.319 e. The Morgan fingerprint density at radius 2 is 1.72 bits per heavy atom. The fraction of sp³-hybridized carbons (Fsp3) is 0.733. The van der Waals surface area contributed by atoms with Gasteiger partial charge in [-0.25, -0.2) is 9.97 Å². The summed E-state index contributed by atoms with van der Waals surface area (Å²) in [5.74, 6) is 1.75. The molecule has 1 heterocycles. The van der Waals surface area contributed by atoms with Gasteiger partial charge in [0.05, 0.1) is 0 Å². The van der Waals surface area contributed by atoms with Crippen molar-refractivity contribution in [2.24, 2.45) is 0 Å². The molecule has 1 aliphatic carbocycles. The number of nitrogens with zero attached hydrogens (tertiary/aromatic N) is 2. The van der Waals surface area contributed by atoms with E-state index < -0.39 is 0 Å². The van der Waals surface area contributed by atoms with Gasteiger partial charge in [0.15, 0.2) is 0 Å². The van der Waals surface area contributed by atoms with Crippen LogP contribution < -0.4 is 5.32 Å². The van der Waals surface area contributed by atoms with Crippen LogP contribution in [0.1, 0.15) is 61.8 Å². The molecule has 100 valence electrons. The molecule has 1 saturated carbocycles. The van der Waals surface area contributed by atoms with Gasteiger partial charge >= 0.3 is 0 Å². The monoisotopic (exact) mass is 247 g/mol. The van der Waals surface area contributed by atoms with Crippen molar-refractivity contribution < 1.29 is 0 Å². The summed E-state index contributed by atoms with van der Waals surface area (Å²) in [5.41, 5.74) is 3.94. The third-order valence-corrected chi connectivity index (χ3v) is 3.96. The van der Waals surface area contributed by atoms with Gasteiger partial charge in [-0.2, -0.15) is 0 Å². The van der Waals surface area contributed by atoms with Gasteiger partial charge in [0.2, 0.25) is 0 Å². The summed E-state index contributed by atoms with van der Waals surface area (Å²) in [6.45, 7) is 5.41. The van der Waals surface area contributed by atoms with Gasteiger partial charge in [0.1, 0.15) is 5.82 Å². The van der Waals surface area contributed by atoms with Crippen molar-refractivity contribution in [1.29, 1.82) is 0 Å². The molecule has 0 saturated heterocycles. The summed E-state index contributed by atoms with van der Waals surface area (Å²) in [7, 11) is 2.00. The van der Waals surface area contributed by atoms with Gasteiger partial charge in [-0.15, -0.1) is 0 Å². The zero-order chi connectivity index (χ0) is 13.0. The molecule has 0 spiro atoms. The molecule has 1 aliphatic rings. The molecule has 0 aromatic carbocycles. The smallest absolute Gasteiger partial charge is 0.131 e. The van der Waals surface area contributed by atoms with Crippen LogP contribution in [0.5, 0.6) is 0 Å². The first kappa shape index (κ1) is 13.5. The number of likely N-dealkylation sites (N-methyl/N-ethyl adjacent to an activating group) is 1. The van der Waals surface area contributed by atoms with Gasteiger partial charge in [0, 0.05) is 17.3 Å². The lowest BCUT2D eigenvalue weighted by atomic mass is 9.84. The molecule has 1 aromatic rings. The van der Waals surface area contributed by atoms with Gasteiger partial charge in [-0.1, -0.05) is 20.3 Å². The number of hydrogen-bond donors (Lipinski definition) is 1. The van der Waals surface area contributed by atoms with Crippen LogP contribution in [0.3, 0.4) is 0 Å². The maximum absolute atomic E-state index is 4.84. The molecule has 18 heavy (non-hydrogen) atoms. The van der Waals surface area contributed by atoms with Crippen LogP contribution >= 0.6 is 0 Å². The van der Waals surface area contributed by atoms with Crippen LogP contribution in [-0.2, 0) is 19.3 Å². The Hall–Kier alpha value is -0.960. The molecule has 0 amide bonds. The third kappa shape index (κ3) is 2.72. The van der Waals surface area contributed by atoms with Crippen LogP contribution in [0.15, 0.2) is 0 Å². The molecule has 1 fully saturated rings. The van der Waals surface area contributed by atoms with Crippen LogP contribution in [0.2, 0.25) is 0 Å². The summed E-state index contributed by atoms with van der Waals surface area (Å²) >= 11 is 0. The Balaban J connectivity index is 2.31. The van der Waals surface area contributed by atoms with E-state index >= 15 is 0 Å². The van der Waals surface area contributed by atoms with Crippen LogP contribution in [0.4, 0.5) is 0 Å². The fourth-order valence-electron chi connectivity index (χ4n) is 2.58. The summed E-state index contributed by atoms with van der Waals surface area (Å²) in [6.07, 6.45) is 7.00. The summed E-state index contributed by atoms with van der Waals surface area (Å²) in [4.78, 5) is 9.67. The van der Waals surface area contributed by atoms with E-state index in [2.05, 4.69) is 19.2 Å². The van der Waals surface area contributed by atoms with Gasteiger partial charge in [0.25, 0.3) is 0 Å². The normalized spacial score (nSPS) is 15.7. The van der Waals surface area contributed by atoms with E-state index in [4.69, 9.17) is 9.97 Å². The van der Waals surface area contributed by atoms with Crippen molar-refractivity contribution in [3.63, 3.8) is 0 Å². The molecule has 0 atom stereocenters. The third-order valence-electron chi connectivity index (χ3n) is 3.96. The molecule has 3 heteroatoms. The van der Waals surface area contributed by atoms with Crippen LogP contribution in [0.25, 0.3) is 0 Å². The average Bonchev–Trinajstić information content (AvgIpc) is 2.34. The molecular weight excluding hydrogens is 222 g/mol. The molecular formula is C15H25N3. The molecule has 1 aromatic heterocycles. The van der Waals surface area contributed by atoms with E-state index in [1.165, 1.54) is 36.2 Å². The minimum Gasteiger partial charge on any atom is -0.319 e. The van der Waals surface area contributed by atoms with E-state index in [-0.39, 0.29) is 0 Å². The lowest BCUT2D eigenvalue weighted by Gasteiger charge is -2.25. The second kappa shape index (κ2) is 6.28. The summed E-state index contributed by atoms with van der Waals surface area (Å²) in [5, 5.41) is 3.22. The average molecular weight is 247 g/mol. The van der Waals surface area contributed by atoms with Gasteiger partial charge in [-0.3, -0.25) is 0 Å². The van der Waals surface area contributed by atoms with Crippen molar-refractivity contribution in [2.45, 2.75) is 58.3 Å². The number of rotatable bonds is 6. The second-order valence-electron chi connectivity index (χ2n) is 5.14. The van der Waals surface area contributed by atoms with Crippen molar-refractivity contribution in [3.8, 4) is 0 Å². The first-order chi connectivity index (χ1) is 8.80. The van der Waals surface area contributed by atoms with Crippen LogP contribution in [0, 0.1) is 0 Å². The lowest BCUT2D eigenvalue weighted by Crippen LogP contribution is -2.19. The van der Waals surface area contributed by atoms with Crippen LogP contribution in [-0.4, -0.2) is 23.6 Å². The van der Waals surface area contributed by atoms with Crippen molar-refractivity contribution >= 4 is 0 Å². The fourth-order valence-corrected chi connectivity index (χ4v) is 2.58. The molecule has 0 unspecified atom stereocenters. The van der Waals surface area contributed by atoms with E-state index in [0.29, 0.717) is 5.92 Å². The Labute approximate surface area is 110 Å². The van der Waals surface area contributed by atoms with Gasteiger partial charge < -0.3 is 5.32 Å². The Morgan fingerprint density at radius 3 is 2.11 bits per heavy atom. The topological polar surface area (TPSA) is 37.8 Å². The zero-order valence-electron chi connectivity index (χ0n) is 11.9. The minimum absolute atomic E-state index is 0.638. The van der Waals surface area contributed by atoms with Crippen molar-refractivity contribution in [3.05, 3.63) is 22.8 Å². The molecule has 1 N–H and O–H groups in total. The number of aryl methyl sites for hydroxylation is 2. The Morgan fingerprint density at radius 1 is 1.11 bits per heavy atom. The van der Waals surface area contributed by atoms with Crippen molar-refractivity contribution in [2.75, 3.05) is 13.6 Å². The molecule has 0 radical (unpaired) electrons. The Bertz CT molecular complexity index is 372. The first-order valence-corrected chi connectivity index (χ1v) is 7.33. The second-order valence-corrected chi connectivity index (χ2v) is 5.14. The van der Waals surface area contributed by atoms with Gasteiger partial charge in [-0.05, 0) is 51.3 Å². The maximum Gasteiger partial charge on any atom is 0.131 e. The van der Waals surface area contributed by atoms with E-state index in [1.807, 2.05) is 7.05 Å². The Kier molecular flexibility index (Phi) is 4.70. The highest BCUT2D eigenvalue weighted by atomic mass is 14.9. The molecule has 3 nitrogen and oxygen atoms in total. The number of aromatic nitrogens is 2. The SMILES string of the molecule is CCc1nc(C2CCC2)nc(CC)c1CCNC. The highest BCUT2D eigenvalue weighted by Crippen LogP contribution is 2.35. The predicted octanol–water partition coefficient (Wildman–Crippen LogP) is 2.63. The maximum atomic E-state index is 4.84. The predicted molar refractivity (Wildman–Crippen MR) is 75.0 cm³/mol. The molecule has 2 rings (SSSR count). The number of hydrogen-bond acceptors (Lipinski definition) is 3.